The van der Waals surface area contributed by atoms with E-state index >= 15 is 0 Å². The largest absolute Gasteiger partial charge is 0.480 e. The molecule has 2 aromatic heterocycles. The smallest absolute Gasteiger partial charge is 0.224 e. The summed E-state index contributed by atoms with van der Waals surface area (Å²) < 4.78 is 19.4. The third-order valence-corrected chi connectivity index (χ3v) is 3.34. The minimum Gasteiger partial charge on any atom is -0.480 e. The molecular weight excluding hydrogens is 245 g/mol. The van der Waals surface area contributed by atoms with Gasteiger partial charge in [-0.15, -0.1) is 0 Å². The molecule has 2 aromatic rings. The van der Waals surface area contributed by atoms with Gasteiger partial charge in [0.2, 0.25) is 5.88 Å². The van der Waals surface area contributed by atoms with E-state index in [1.54, 1.807) is 6.92 Å². The van der Waals surface area contributed by atoms with Crippen molar-refractivity contribution < 1.29 is 9.13 Å². The first-order chi connectivity index (χ1) is 9.22. The van der Waals surface area contributed by atoms with Crippen LogP contribution in [0, 0.1) is 12.7 Å². The lowest BCUT2D eigenvalue weighted by molar-refractivity contribution is 0.397. The molecule has 98 valence electrons. The van der Waals surface area contributed by atoms with Crippen molar-refractivity contribution in [3.63, 3.8) is 0 Å². The average molecular weight is 259 g/mol. The number of halogens is 1. The summed E-state index contributed by atoms with van der Waals surface area (Å²) in [5, 5.41) is 0. The highest BCUT2D eigenvalue weighted by atomic mass is 19.1. The van der Waals surface area contributed by atoms with Gasteiger partial charge < -0.3 is 4.74 Å². The highest BCUT2D eigenvalue weighted by molar-refractivity contribution is 5.74. The van der Waals surface area contributed by atoms with E-state index in [0.717, 1.165) is 18.5 Å². The van der Waals surface area contributed by atoms with Crippen molar-refractivity contribution in [3.8, 4) is 17.0 Å². The summed E-state index contributed by atoms with van der Waals surface area (Å²) in [7, 11) is 1.53. The Morgan fingerprint density at radius 3 is 2.63 bits per heavy atom. The van der Waals surface area contributed by atoms with Crippen LogP contribution in [0.25, 0.3) is 11.1 Å². The summed E-state index contributed by atoms with van der Waals surface area (Å²) >= 11 is 0. The molecule has 19 heavy (non-hydrogen) atoms. The van der Waals surface area contributed by atoms with Crippen LogP contribution in [0.2, 0.25) is 0 Å². The van der Waals surface area contributed by atoms with Crippen LogP contribution in [0.4, 0.5) is 4.39 Å². The molecule has 0 aliphatic heterocycles. The van der Waals surface area contributed by atoms with Crippen LogP contribution < -0.4 is 4.74 Å². The van der Waals surface area contributed by atoms with Gasteiger partial charge in [0.15, 0.2) is 0 Å². The lowest BCUT2D eigenvalue weighted by Gasteiger charge is -2.13. The van der Waals surface area contributed by atoms with Crippen molar-refractivity contribution in [2.45, 2.75) is 25.7 Å². The molecule has 0 atom stereocenters. The number of aromatic nitrogens is 3. The van der Waals surface area contributed by atoms with E-state index in [9.17, 15) is 4.39 Å². The third kappa shape index (κ3) is 2.05. The molecule has 1 aliphatic rings. The van der Waals surface area contributed by atoms with Crippen LogP contribution in [0.3, 0.4) is 0 Å². The maximum absolute atomic E-state index is 14.2. The Hall–Kier alpha value is -2.04. The van der Waals surface area contributed by atoms with E-state index in [-0.39, 0.29) is 5.82 Å². The minimum absolute atomic E-state index is 0.317. The third-order valence-electron chi connectivity index (χ3n) is 3.34. The van der Waals surface area contributed by atoms with Gasteiger partial charge in [-0.3, -0.25) is 4.98 Å². The Bertz CT molecular complexity index is 606. The number of rotatable bonds is 3. The van der Waals surface area contributed by atoms with Gasteiger partial charge in [0.1, 0.15) is 12.1 Å². The molecule has 0 aromatic carbocycles. The van der Waals surface area contributed by atoms with Crippen LogP contribution in [0.15, 0.2) is 18.6 Å². The summed E-state index contributed by atoms with van der Waals surface area (Å²) in [6.07, 6.45) is 5.09. The number of pyridine rings is 1. The van der Waals surface area contributed by atoms with E-state index < -0.39 is 0 Å². The first kappa shape index (κ1) is 12.0. The summed E-state index contributed by atoms with van der Waals surface area (Å²) in [4.78, 5) is 12.6. The fraction of sp³-hybridized carbons (Fsp3) is 0.357. The molecule has 1 aliphatic carbocycles. The predicted molar refractivity (Wildman–Crippen MR) is 68.5 cm³/mol. The molecule has 4 nitrogen and oxygen atoms in total. The Morgan fingerprint density at radius 1 is 1.21 bits per heavy atom. The number of hydrogen-bond acceptors (Lipinski definition) is 4. The van der Waals surface area contributed by atoms with Gasteiger partial charge in [-0.25, -0.2) is 14.4 Å². The SMILES string of the molecule is COc1ncnc(C2CC2)c1-c1c(F)ccnc1C. The highest BCUT2D eigenvalue weighted by Gasteiger charge is 2.31. The number of aryl methyl sites for hydroxylation is 1. The van der Waals surface area contributed by atoms with Gasteiger partial charge in [0.25, 0.3) is 0 Å². The quantitative estimate of drug-likeness (QED) is 0.850. The minimum atomic E-state index is -0.317. The number of methoxy groups -OCH3 is 1. The first-order valence-corrected chi connectivity index (χ1v) is 6.22. The topological polar surface area (TPSA) is 47.9 Å². The van der Waals surface area contributed by atoms with Crippen LogP contribution in [-0.4, -0.2) is 22.1 Å². The van der Waals surface area contributed by atoms with Crippen molar-refractivity contribution in [2.75, 3.05) is 7.11 Å². The molecule has 0 amide bonds. The molecule has 0 unspecified atom stereocenters. The summed E-state index contributed by atoms with van der Waals surface area (Å²) in [5.41, 5.74) is 2.58. The zero-order valence-corrected chi connectivity index (χ0v) is 10.9. The van der Waals surface area contributed by atoms with Gasteiger partial charge in [0.05, 0.1) is 18.4 Å². The zero-order chi connectivity index (χ0) is 13.4. The van der Waals surface area contributed by atoms with Crippen LogP contribution in [-0.2, 0) is 0 Å². The van der Waals surface area contributed by atoms with Gasteiger partial charge >= 0.3 is 0 Å². The van der Waals surface area contributed by atoms with Crippen molar-refractivity contribution >= 4 is 0 Å². The van der Waals surface area contributed by atoms with Crippen LogP contribution >= 0.6 is 0 Å². The van der Waals surface area contributed by atoms with Crippen LogP contribution in [0.1, 0.15) is 30.1 Å². The molecule has 0 N–H and O–H groups in total. The highest BCUT2D eigenvalue weighted by Crippen LogP contribution is 2.46. The molecule has 5 heteroatoms. The molecule has 0 spiro atoms. The van der Waals surface area contributed by atoms with Gasteiger partial charge in [0, 0.05) is 23.4 Å². The Morgan fingerprint density at radius 2 is 2.00 bits per heavy atom. The molecular formula is C14H14FN3O. The van der Waals surface area contributed by atoms with Crippen molar-refractivity contribution in [1.82, 2.24) is 15.0 Å². The van der Waals surface area contributed by atoms with E-state index in [2.05, 4.69) is 15.0 Å². The monoisotopic (exact) mass is 259 g/mol. The lowest BCUT2D eigenvalue weighted by Crippen LogP contribution is -2.02. The van der Waals surface area contributed by atoms with Gasteiger partial charge in [-0.05, 0) is 25.8 Å². The molecule has 2 heterocycles. The molecule has 0 saturated heterocycles. The fourth-order valence-electron chi connectivity index (χ4n) is 2.27. The maximum Gasteiger partial charge on any atom is 0.224 e. The number of ether oxygens (including phenoxy) is 1. The standard InChI is InChI=1S/C14H14FN3O/c1-8-11(10(15)5-6-16-8)12-13(9-3-4-9)17-7-18-14(12)19-2/h5-7,9H,3-4H2,1-2H3. The van der Waals surface area contributed by atoms with E-state index in [0.29, 0.717) is 28.6 Å². The maximum atomic E-state index is 14.2. The molecule has 0 radical (unpaired) electrons. The summed E-state index contributed by atoms with van der Waals surface area (Å²) in [6, 6.07) is 1.35. The Balaban J connectivity index is 2.28. The van der Waals surface area contributed by atoms with Crippen molar-refractivity contribution in [2.24, 2.45) is 0 Å². The molecule has 0 bridgehead atoms. The average Bonchev–Trinajstić information content (AvgIpc) is 3.23. The van der Waals surface area contributed by atoms with E-state index in [1.807, 2.05) is 0 Å². The van der Waals surface area contributed by atoms with Gasteiger partial charge in [-0.1, -0.05) is 0 Å². The Kier molecular flexibility index (Phi) is 2.89. The number of hydrogen-bond donors (Lipinski definition) is 0. The van der Waals surface area contributed by atoms with Crippen LogP contribution in [0.5, 0.6) is 5.88 Å². The second kappa shape index (κ2) is 4.57. The molecule has 1 fully saturated rings. The summed E-state index contributed by atoms with van der Waals surface area (Å²) in [5.74, 6) is 0.473. The van der Waals surface area contributed by atoms with Crippen molar-refractivity contribution in [3.05, 3.63) is 35.8 Å². The fourth-order valence-corrected chi connectivity index (χ4v) is 2.27. The normalized spacial score (nSPS) is 14.5. The molecule has 3 rings (SSSR count). The van der Waals surface area contributed by atoms with E-state index in [4.69, 9.17) is 4.74 Å². The summed E-state index contributed by atoms with van der Waals surface area (Å²) in [6.45, 7) is 1.78. The number of nitrogens with zero attached hydrogens (tertiary/aromatic N) is 3. The zero-order valence-electron chi connectivity index (χ0n) is 10.9. The second-order valence-electron chi connectivity index (χ2n) is 4.67. The molecule has 1 saturated carbocycles. The first-order valence-electron chi connectivity index (χ1n) is 6.22. The Labute approximate surface area is 110 Å². The predicted octanol–water partition coefficient (Wildman–Crippen LogP) is 2.87. The van der Waals surface area contributed by atoms with Gasteiger partial charge in [-0.2, -0.15) is 0 Å². The van der Waals surface area contributed by atoms with E-state index in [1.165, 1.54) is 25.7 Å². The lowest BCUT2D eigenvalue weighted by atomic mass is 10.0. The second-order valence-corrected chi connectivity index (χ2v) is 4.67. The van der Waals surface area contributed by atoms with Crippen molar-refractivity contribution in [1.29, 1.82) is 0 Å².